The van der Waals surface area contributed by atoms with Crippen molar-refractivity contribution < 1.29 is 9.90 Å². The highest BCUT2D eigenvalue weighted by molar-refractivity contribution is 5.87. The standard InChI is InChI=1S/C18H21N3O2/c19-17-16(2-1-8-20-17)12-21-9-7-14(11-21)10-13-3-5-15(6-4-13)18(22)23/h1-6,8,14H,7,9-12H2,(H2,19,20)(H,22,23)/t14-/m0/s1. The molecule has 3 N–H and O–H groups in total. The molecule has 0 radical (unpaired) electrons. The zero-order chi connectivity index (χ0) is 16.2. The van der Waals surface area contributed by atoms with Crippen LogP contribution in [-0.4, -0.2) is 34.0 Å². The number of pyridine rings is 1. The van der Waals surface area contributed by atoms with Crippen LogP contribution in [0.1, 0.15) is 27.9 Å². The van der Waals surface area contributed by atoms with Gasteiger partial charge in [-0.2, -0.15) is 0 Å². The summed E-state index contributed by atoms with van der Waals surface area (Å²) in [5.41, 5.74) is 8.53. The number of hydrogen-bond donors (Lipinski definition) is 2. The second-order valence-electron chi connectivity index (χ2n) is 6.14. The van der Waals surface area contributed by atoms with Gasteiger partial charge in [0.2, 0.25) is 0 Å². The first-order valence-electron chi connectivity index (χ1n) is 7.86. The number of hydrogen-bond acceptors (Lipinski definition) is 4. The third-order valence-electron chi connectivity index (χ3n) is 4.42. The molecule has 2 aromatic rings. The summed E-state index contributed by atoms with van der Waals surface area (Å²) in [6, 6.07) is 11.2. The van der Waals surface area contributed by atoms with E-state index in [0.717, 1.165) is 38.0 Å². The molecular formula is C18H21N3O2. The van der Waals surface area contributed by atoms with E-state index in [4.69, 9.17) is 10.8 Å². The van der Waals surface area contributed by atoms with Gasteiger partial charge in [-0.3, -0.25) is 4.90 Å². The van der Waals surface area contributed by atoms with Gasteiger partial charge in [-0.05, 0) is 49.1 Å². The largest absolute Gasteiger partial charge is 0.478 e. The maximum absolute atomic E-state index is 10.9. The van der Waals surface area contributed by atoms with Gasteiger partial charge in [0.1, 0.15) is 5.82 Å². The molecule has 1 fully saturated rings. The highest BCUT2D eigenvalue weighted by atomic mass is 16.4. The molecule has 23 heavy (non-hydrogen) atoms. The van der Waals surface area contributed by atoms with E-state index in [2.05, 4.69) is 9.88 Å². The summed E-state index contributed by atoms with van der Waals surface area (Å²) in [6.45, 7) is 2.94. The lowest BCUT2D eigenvalue weighted by atomic mass is 9.98. The van der Waals surface area contributed by atoms with E-state index < -0.39 is 5.97 Å². The Kier molecular flexibility index (Phi) is 4.57. The number of anilines is 1. The number of aromatic nitrogens is 1. The Labute approximate surface area is 135 Å². The lowest BCUT2D eigenvalue weighted by molar-refractivity contribution is 0.0697. The van der Waals surface area contributed by atoms with Crippen LogP contribution in [-0.2, 0) is 13.0 Å². The molecule has 2 heterocycles. The third kappa shape index (κ3) is 3.87. The van der Waals surface area contributed by atoms with Crippen molar-refractivity contribution in [3.05, 3.63) is 59.3 Å². The topological polar surface area (TPSA) is 79.5 Å². The molecule has 1 aromatic heterocycles. The van der Waals surface area contributed by atoms with Crippen molar-refractivity contribution in [3.8, 4) is 0 Å². The fourth-order valence-corrected chi connectivity index (χ4v) is 3.17. The molecular weight excluding hydrogens is 290 g/mol. The van der Waals surface area contributed by atoms with Crippen LogP contribution in [0.4, 0.5) is 5.82 Å². The molecule has 0 amide bonds. The number of carboxylic acid groups (broad SMARTS) is 1. The Morgan fingerprint density at radius 3 is 2.78 bits per heavy atom. The number of aromatic carboxylic acids is 1. The molecule has 5 heteroatoms. The Balaban J connectivity index is 1.55. The molecule has 1 aromatic carbocycles. The van der Waals surface area contributed by atoms with Gasteiger partial charge in [-0.1, -0.05) is 18.2 Å². The maximum Gasteiger partial charge on any atom is 0.335 e. The van der Waals surface area contributed by atoms with E-state index in [1.165, 1.54) is 5.56 Å². The van der Waals surface area contributed by atoms with Crippen molar-refractivity contribution in [2.45, 2.75) is 19.4 Å². The molecule has 3 rings (SSSR count). The van der Waals surface area contributed by atoms with Crippen LogP contribution in [0.5, 0.6) is 0 Å². The van der Waals surface area contributed by atoms with Crippen molar-refractivity contribution in [3.63, 3.8) is 0 Å². The first kappa shape index (κ1) is 15.5. The summed E-state index contributed by atoms with van der Waals surface area (Å²) in [6.07, 6.45) is 3.85. The SMILES string of the molecule is Nc1ncccc1CN1CC[C@@H](Cc2ccc(C(=O)O)cc2)C1. The van der Waals surface area contributed by atoms with Crippen LogP contribution in [0.2, 0.25) is 0 Å². The van der Waals surface area contributed by atoms with E-state index >= 15 is 0 Å². The molecule has 0 spiro atoms. The summed E-state index contributed by atoms with van der Waals surface area (Å²) in [7, 11) is 0. The highest BCUT2D eigenvalue weighted by Gasteiger charge is 2.23. The second-order valence-corrected chi connectivity index (χ2v) is 6.14. The molecule has 1 aliphatic heterocycles. The number of carbonyl (C=O) groups is 1. The minimum Gasteiger partial charge on any atom is -0.478 e. The van der Waals surface area contributed by atoms with E-state index in [1.807, 2.05) is 24.3 Å². The van der Waals surface area contributed by atoms with E-state index in [-0.39, 0.29) is 0 Å². The minimum atomic E-state index is -0.877. The van der Waals surface area contributed by atoms with Gasteiger partial charge in [-0.25, -0.2) is 9.78 Å². The van der Waals surface area contributed by atoms with Crippen LogP contribution in [0.15, 0.2) is 42.6 Å². The summed E-state index contributed by atoms with van der Waals surface area (Å²) < 4.78 is 0. The molecule has 120 valence electrons. The summed E-state index contributed by atoms with van der Waals surface area (Å²) in [5, 5.41) is 8.94. The Morgan fingerprint density at radius 1 is 1.30 bits per heavy atom. The van der Waals surface area contributed by atoms with Gasteiger partial charge in [0, 0.05) is 24.8 Å². The van der Waals surface area contributed by atoms with Crippen LogP contribution in [0.3, 0.4) is 0 Å². The van der Waals surface area contributed by atoms with Crippen molar-refractivity contribution in [1.29, 1.82) is 0 Å². The van der Waals surface area contributed by atoms with Gasteiger partial charge in [-0.15, -0.1) is 0 Å². The average molecular weight is 311 g/mol. The normalized spacial score (nSPS) is 18.2. The molecule has 5 nitrogen and oxygen atoms in total. The monoisotopic (exact) mass is 311 g/mol. The van der Waals surface area contributed by atoms with Gasteiger partial charge in [0.05, 0.1) is 5.56 Å². The predicted octanol–water partition coefficient (Wildman–Crippen LogP) is 2.43. The zero-order valence-electron chi connectivity index (χ0n) is 13.0. The maximum atomic E-state index is 10.9. The number of nitrogen functional groups attached to an aromatic ring is 1. The number of rotatable bonds is 5. The molecule has 0 bridgehead atoms. The van der Waals surface area contributed by atoms with Crippen molar-refractivity contribution in [2.75, 3.05) is 18.8 Å². The van der Waals surface area contributed by atoms with Crippen LogP contribution >= 0.6 is 0 Å². The van der Waals surface area contributed by atoms with Crippen LogP contribution in [0.25, 0.3) is 0 Å². The van der Waals surface area contributed by atoms with Gasteiger partial charge >= 0.3 is 5.97 Å². The van der Waals surface area contributed by atoms with E-state index in [0.29, 0.717) is 17.3 Å². The number of carboxylic acids is 1. The second kappa shape index (κ2) is 6.79. The van der Waals surface area contributed by atoms with Crippen molar-refractivity contribution in [1.82, 2.24) is 9.88 Å². The Morgan fingerprint density at radius 2 is 2.09 bits per heavy atom. The van der Waals surface area contributed by atoms with E-state index in [9.17, 15) is 4.79 Å². The molecule has 1 aliphatic rings. The average Bonchev–Trinajstić information content (AvgIpc) is 2.97. The summed E-state index contributed by atoms with van der Waals surface area (Å²) in [5.74, 6) is 0.335. The molecule has 1 saturated heterocycles. The fraction of sp³-hybridized carbons (Fsp3) is 0.333. The fourth-order valence-electron chi connectivity index (χ4n) is 3.17. The highest BCUT2D eigenvalue weighted by Crippen LogP contribution is 2.23. The Bertz CT molecular complexity index is 685. The van der Waals surface area contributed by atoms with Gasteiger partial charge < -0.3 is 10.8 Å². The predicted molar refractivity (Wildman–Crippen MR) is 89.1 cm³/mol. The number of benzene rings is 1. The zero-order valence-corrected chi connectivity index (χ0v) is 13.0. The first-order valence-corrected chi connectivity index (χ1v) is 7.86. The lowest BCUT2D eigenvalue weighted by Gasteiger charge is -2.17. The molecule has 0 aliphatic carbocycles. The molecule has 0 saturated carbocycles. The number of nitrogens with zero attached hydrogens (tertiary/aromatic N) is 2. The van der Waals surface area contributed by atoms with E-state index in [1.54, 1.807) is 18.3 Å². The lowest BCUT2D eigenvalue weighted by Crippen LogP contribution is -2.21. The smallest absolute Gasteiger partial charge is 0.335 e. The first-order chi connectivity index (χ1) is 11.1. The summed E-state index contributed by atoms with van der Waals surface area (Å²) >= 11 is 0. The van der Waals surface area contributed by atoms with Gasteiger partial charge in [0.25, 0.3) is 0 Å². The van der Waals surface area contributed by atoms with Gasteiger partial charge in [0.15, 0.2) is 0 Å². The molecule has 0 unspecified atom stereocenters. The van der Waals surface area contributed by atoms with Crippen LogP contribution in [0, 0.1) is 5.92 Å². The number of likely N-dealkylation sites (tertiary alicyclic amines) is 1. The minimum absolute atomic E-state index is 0.342. The van der Waals surface area contributed by atoms with Crippen molar-refractivity contribution >= 4 is 11.8 Å². The van der Waals surface area contributed by atoms with Crippen molar-refractivity contribution in [2.24, 2.45) is 5.92 Å². The van der Waals surface area contributed by atoms with Crippen LogP contribution < -0.4 is 5.73 Å². The summed E-state index contributed by atoms with van der Waals surface area (Å²) in [4.78, 5) is 17.4. The third-order valence-corrected chi connectivity index (χ3v) is 4.42. The quantitative estimate of drug-likeness (QED) is 0.886. The number of nitrogens with two attached hydrogens (primary N) is 1. The Hall–Kier alpha value is -2.40. The molecule has 1 atom stereocenters.